The quantitative estimate of drug-likeness (QED) is 0.886. The second-order valence-corrected chi connectivity index (χ2v) is 5.30. The minimum Gasteiger partial charge on any atom is -0.491 e. The second-order valence-electron chi connectivity index (χ2n) is 4.15. The van der Waals surface area contributed by atoms with Gasteiger partial charge in [-0.05, 0) is 19.1 Å². The van der Waals surface area contributed by atoms with Crippen LogP contribution in [-0.4, -0.2) is 36.6 Å². The molecule has 1 amide bonds. The van der Waals surface area contributed by atoms with Crippen molar-refractivity contribution in [1.82, 2.24) is 5.32 Å². The van der Waals surface area contributed by atoms with E-state index in [1.165, 1.54) is 12.1 Å². The Labute approximate surface area is 116 Å². The summed E-state index contributed by atoms with van der Waals surface area (Å²) in [4.78, 5) is 11.9. The van der Waals surface area contributed by atoms with Crippen molar-refractivity contribution in [2.45, 2.75) is 13.0 Å². The molecule has 0 saturated carbocycles. The van der Waals surface area contributed by atoms with Crippen LogP contribution < -0.4 is 15.4 Å². The van der Waals surface area contributed by atoms with Crippen LogP contribution in [0, 0.1) is 5.82 Å². The molecular formula is C13H17FN2O2S. The number of benzene rings is 1. The molecule has 0 aliphatic carbocycles. The lowest BCUT2D eigenvalue weighted by molar-refractivity contribution is -0.117. The first-order valence-corrected chi connectivity index (χ1v) is 7.40. The normalized spacial score (nSPS) is 18.9. The Morgan fingerprint density at radius 1 is 1.63 bits per heavy atom. The summed E-state index contributed by atoms with van der Waals surface area (Å²) in [5.74, 6) is 1.36. The molecule has 1 unspecified atom stereocenters. The van der Waals surface area contributed by atoms with Crippen molar-refractivity contribution in [2.75, 3.05) is 30.0 Å². The number of carbonyl (C=O) groups is 1. The van der Waals surface area contributed by atoms with Gasteiger partial charge in [-0.25, -0.2) is 4.39 Å². The van der Waals surface area contributed by atoms with Gasteiger partial charge in [0.2, 0.25) is 5.91 Å². The molecule has 6 heteroatoms. The minimum atomic E-state index is -0.467. The van der Waals surface area contributed by atoms with Crippen molar-refractivity contribution in [1.29, 1.82) is 0 Å². The van der Waals surface area contributed by atoms with Crippen molar-refractivity contribution >= 4 is 23.4 Å². The maximum absolute atomic E-state index is 13.6. The zero-order valence-corrected chi connectivity index (χ0v) is 11.6. The van der Waals surface area contributed by atoms with E-state index in [-0.39, 0.29) is 17.7 Å². The number of hydrogen-bond acceptors (Lipinski definition) is 4. The largest absolute Gasteiger partial charge is 0.491 e. The van der Waals surface area contributed by atoms with Gasteiger partial charge in [-0.15, -0.1) is 0 Å². The van der Waals surface area contributed by atoms with Crippen molar-refractivity contribution in [3.63, 3.8) is 0 Å². The van der Waals surface area contributed by atoms with Gasteiger partial charge in [-0.3, -0.25) is 4.79 Å². The molecule has 1 aromatic rings. The Morgan fingerprint density at radius 3 is 3.11 bits per heavy atom. The molecule has 2 N–H and O–H groups in total. The maximum Gasteiger partial charge on any atom is 0.242 e. The van der Waals surface area contributed by atoms with Gasteiger partial charge in [0.15, 0.2) is 11.6 Å². The fourth-order valence-electron chi connectivity index (χ4n) is 1.81. The highest BCUT2D eigenvalue weighted by molar-refractivity contribution is 7.99. The Balaban J connectivity index is 1.98. The van der Waals surface area contributed by atoms with Crippen LogP contribution in [0.2, 0.25) is 0 Å². The van der Waals surface area contributed by atoms with Crippen molar-refractivity contribution < 1.29 is 13.9 Å². The molecule has 1 aliphatic rings. The fourth-order valence-corrected chi connectivity index (χ4v) is 2.75. The molecule has 0 radical (unpaired) electrons. The Hall–Kier alpha value is -1.27. The van der Waals surface area contributed by atoms with E-state index in [4.69, 9.17) is 4.74 Å². The predicted octanol–water partition coefficient (Wildman–Crippen LogP) is 1.87. The number of hydrogen-bond donors (Lipinski definition) is 2. The molecule has 1 aliphatic heterocycles. The summed E-state index contributed by atoms with van der Waals surface area (Å²) in [6.07, 6.45) is 0. The van der Waals surface area contributed by atoms with Gasteiger partial charge in [0.1, 0.15) is 0 Å². The molecule has 104 valence electrons. The number of thioether (sulfide) groups is 1. The van der Waals surface area contributed by atoms with E-state index in [2.05, 4.69) is 10.6 Å². The lowest BCUT2D eigenvalue weighted by Gasteiger charge is -2.22. The molecule has 0 aromatic heterocycles. The van der Waals surface area contributed by atoms with Crippen LogP contribution in [0.1, 0.15) is 6.92 Å². The van der Waals surface area contributed by atoms with E-state index in [9.17, 15) is 9.18 Å². The van der Waals surface area contributed by atoms with Crippen LogP contribution in [0.25, 0.3) is 0 Å². The molecule has 1 heterocycles. The highest BCUT2D eigenvalue weighted by Crippen LogP contribution is 2.21. The Morgan fingerprint density at radius 2 is 2.47 bits per heavy atom. The number of carbonyl (C=O) groups excluding carboxylic acids is 1. The third-order valence-electron chi connectivity index (χ3n) is 2.74. The summed E-state index contributed by atoms with van der Waals surface area (Å²) in [7, 11) is 0. The lowest BCUT2D eigenvalue weighted by atomic mass is 10.2. The maximum atomic E-state index is 13.6. The van der Waals surface area contributed by atoms with E-state index in [0.29, 0.717) is 12.3 Å². The zero-order valence-electron chi connectivity index (χ0n) is 10.7. The number of halogens is 1. The van der Waals surface area contributed by atoms with Crippen LogP contribution in [0.4, 0.5) is 10.1 Å². The third kappa shape index (κ3) is 3.84. The zero-order chi connectivity index (χ0) is 13.7. The third-order valence-corrected chi connectivity index (χ3v) is 3.80. The molecule has 1 fully saturated rings. The van der Waals surface area contributed by atoms with E-state index in [1.807, 2.05) is 0 Å². The van der Waals surface area contributed by atoms with E-state index < -0.39 is 5.82 Å². The van der Waals surface area contributed by atoms with Crippen LogP contribution in [0.5, 0.6) is 5.75 Å². The monoisotopic (exact) mass is 284 g/mol. The Bertz CT molecular complexity index is 450. The number of anilines is 1. The van der Waals surface area contributed by atoms with Gasteiger partial charge in [-0.1, -0.05) is 0 Å². The van der Waals surface area contributed by atoms with Gasteiger partial charge >= 0.3 is 0 Å². The molecule has 0 bridgehead atoms. The summed E-state index contributed by atoms with van der Waals surface area (Å²) in [6, 6.07) is 4.23. The molecule has 1 aromatic carbocycles. The minimum absolute atomic E-state index is 0.129. The van der Waals surface area contributed by atoms with Crippen molar-refractivity contribution in [3.8, 4) is 5.75 Å². The van der Waals surface area contributed by atoms with Crippen LogP contribution in [-0.2, 0) is 4.79 Å². The molecule has 0 spiro atoms. The summed E-state index contributed by atoms with van der Waals surface area (Å²) < 4.78 is 18.7. The molecular weight excluding hydrogens is 267 g/mol. The van der Waals surface area contributed by atoms with Crippen LogP contribution >= 0.6 is 11.8 Å². The highest BCUT2D eigenvalue weighted by atomic mass is 32.2. The molecule has 1 atom stereocenters. The van der Waals surface area contributed by atoms with Gasteiger partial charge in [-0.2, -0.15) is 11.8 Å². The first-order chi connectivity index (χ1) is 9.20. The predicted molar refractivity (Wildman–Crippen MR) is 75.3 cm³/mol. The number of rotatable bonds is 4. The number of ether oxygens (including phenoxy) is 1. The van der Waals surface area contributed by atoms with Crippen molar-refractivity contribution in [2.24, 2.45) is 0 Å². The van der Waals surface area contributed by atoms with Gasteiger partial charge in [0.05, 0.1) is 12.6 Å². The topological polar surface area (TPSA) is 50.4 Å². The number of amides is 1. The molecule has 1 saturated heterocycles. The fraction of sp³-hybridized carbons (Fsp3) is 0.462. The first kappa shape index (κ1) is 14.1. The molecule has 19 heavy (non-hydrogen) atoms. The average molecular weight is 284 g/mol. The highest BCUT2D eigenvalue weighted by Gasteiger charge is 2.21. The van der Waals surface area contributed by atoms with Gasteiger partial charge in [0.25, 0.3) is 0 Å². The van der Waals surface area contributed by atoms with Crippen LogP contribution in [0.15, 0.2) is 18.2 Å². The summed E-state index contributed by atoms with van der Waals surface area (Å²) in [5, 5.41) is 5.85. The van der Waals surface area contributed by atoms with E-state index in [1.54, 1.807) is 24.8 Å². The summed E-state index contributed by atoms with van der Waals surface area (Å²) >= 11 is 1.74. The summed E-state index contributed by atoms with van der Waals surface area (Å²) in [5.41, 5.74) is 0.448. The van der Waals surface area contributed by atoms with Gasteiger partial charge in [0, 0.05) is 29.8 Å². The Kier molecular flexibility index (Phi) is 5.04. The SMILES string of the molecule is CCOc1ccc(NC(=O)C2CSCCN2)cc1F. The second kappa shape index (κ2) is 6.77. The van der Waals surface area contributed by atoms with Crippen molar-refractivity contribution in [3.05, 3.63) is 24.0 Å². The van der Waals surface area contributed by atoms with E-state index >= 15 is 0 Å². The van der Waals surface area contributed by atoms with Gasteiger partial charge < -0.3 is 15.4 Å². The lowest BCUT2D eigenvalue weighted by Crippen LogP contribution is -2.46. The van der Waals surface area contributed by atoms with Crippen LogP contribution in [0.3, 0.4) is 0 Å². The smallest absolute Gasteiger partial charge is 0.242 e. The molecule has 2 rings (SSSR count). The summed E-state index contributed by atoms with van der Waals surface area (Å²) in [6.45, 7) is 3.02. The molecule has 4 nitrogen and oxygen atoms in total. The average Bonchev–Trinajstić information content (AvgIpc) is 2.43. The number of nitrogens with one attached hydrogen (secondary N) is 2. The standard InChI is InChI=1S/C13H17FN2O2S/c1-2-18-12-4-3-9(7-10(12)14)16-13(17)11-8-19-6-5-15-11/h3-4,7,11,15H,2,5-6,8H2,1H3,(H,16,17). The van der Waals surface area contributed by atoms with E-state index in [0.717, 1.165) is 18.1 Å². The first-order valence-electron chi connectivity index (χ1n) is 6.25.